The number of rotatable bonds is 2. The maximum absolute atomic E-state index is 11.7. The summed E-state index contributed by atoms with van der Waals surface area (Å²) in [6, 6.07) is 0.193. The second-order valence-corrected chi connectivity index (χ2v) is 6.59. The summed E-state index contributed by atoms with van der Waals surface area (Å²) < 4.78 is 0.164. The first kappa shape index (κ1) is 15.1. The Bertz CT molecular complexity index is 218. The Morgan fingerprint density at radius 2 is 2.13 bits per heavy atom. The average molecular weight is 253 g/mol. The van der Waals surface area contributed by atoms with Crippen LogP contribution in [0.3, 0.4) is 0 Å². The molecule has 1 heterocycles. The molecule has 90 valence electrons. The molecular weight excluding hydrogens is 232 g/mol. The van der Waals surface area contributed by atoms with Crippen molar-refractivity contribution >= 4 is 30.1 Å². The lowest BCUT2D eigenvalue weighted by molar-refractivity contribution is -0.127. The van der Waals surface area contributed by atoms with E-state index in [-0.39, 0.29) is 29.1 Å². The number of nitrogens with two attached hydrogens (primary N) is 1. The molecule has 1 saturated heterocycles. The molecule has 0 aromatic carbocycles. The Morgan fingerprint density at radius 1 is 1.53 bits per heavy atom. The van der Waals surface area contributed by atoms with E-state index in [1.165, 1.54) is 0 Å². The molecule has 1 fully saturated rings. The molecule has 1 aliphatic heterocycles. The van der Waals surface area contributed by atoms with E-state index in [1.807, 2.05) is 4.90 Å². The van der Waals surface area contributed by atoms with Crippen LogP contribution in [0, 0.1) is 0 Å². The quantitative estimate of drug-likeness (QED) is 0.810. The SMILES string of the molecule is CC(C)(C)SCC(=O)N1CC[C@@H](N)C1.Cl. The Hall–Kier alpha value is 0.0700. The van der Waals surface area contributed by atoms with Crippen LogP contribution in [-0.4, -0.2) is 40.4 Å². The third-order valence-electron chi connectivity index (χ3n) is 2.21. The Kier molecular flexibility index (Phi) is 5.99. The number of hydrogen-bond acceptors (Lipinski definition) is 3. The zero-order valence-corrected chi connectivity index (χ0v) is 11.3. The maximum atomic E-state index is 11.7. The average Bonchev–Trinajstić information content (AvgIpc) is 2.46. The molecule has 0 saturated carbocycles. The van der Waals surface area contributed by atoms with Crippen molar-refractivity contribution in [1.29, 1.82) is 0 Å². The minimum atomic E-state index is 0. The highest BCUT2D eigenvalue weighted by Gasteiger charge is 2.24. The molecule has 0 spiro atoms. The zero-order chi connectivity index (χ0) is 10.8. The summed E-state index contributed by atoms with van der Waals surface area (Å²) in [5, 5.41) is 0. The fourth-order valence-corrected chi connectivity index (χ4v) is 2.12. The minimum Gasteiger partial charge on any atom is -0.340 e. The van der Waals surface area contributed by atoms with E-state index in [0.717, 1.165) is 19.5 Å². The lowest BCUT2D eigenvalue weighted by atomic mass is 10.3. The van der Waals surface area contributed by atoms with Gasteiger partial charge in [-0.25, -0.2) is 0 Å². The second kappa shape index (κ2) is 5.97. The van der Waals surface area contributed by atoms with E-state index >= 15 is 0 Å². The molecule has 0 aliphatic carbocycles. The molecule has 0 aromatic heterocycles. The first-order valence-electron chi connectivity index (χ1n) is 5.06. The van der Waals surface area contributed by atoms with E-state index in [4.69, 9.17) is 5.73 Å². The summed E-state index contributed by atoms with van der Waals surface area (Å²) in [5.74, 6) is 0.814. The van der Waals surface area contributed by atoms with Crippen LogP contribution < -0.4 is 5.73 Å². The number of nitrogens with zero attached hydrogens (tertiary/aromatic N) is 1. The predicted molar refractivity (Wildman–Crippen MR) is 68.6 cm³/mol. The van der Waals surface area contributed by atoms with Crippen molar-refractivity contribution < 1.29 is 4.79 Å². The van der Waals surface area contributed by atoms with Crippen LogP contribution in [0.4, 0.5) is 0 Å². The number of halogens is 1. The van der Waals surface area contributed by atoms with Crippen LogP contribution in [0.5, 0.6) is 0 Å². The van der Waals surface area contributed by atoms with Gasteiger partial charge in [0.1, 0.15) is 0 Å². The molecule has 0 unspecified atom stereocenters. The van der Waals surface area contributed by atoms with Crippen molar-refractivity contribution in [3.63, 3.8) is 0 Å². The number of hydrogen-bond donors (Lipinski definition) is 1. The number of likely N-dealkylation sites (tertiary alicyclic amines) is 1. The molecule has 1 atom stereocenters. The largest absolute Gasteiger partial charge is 0.340 e. The molecule has 0 radical (unpaired) electrons. The second-order valence-electron chi connectivity index (χ2n) is 4.79. The van der Waals surface area contributed by atoms with Gasteiger partial charge in [-0.1, -0.05) is 20.8 Å². The van der Waals surface area contributed by atoms with Crippen LogP contribution >= 0.6 is 24.2 Å². The van der Waals surface area contributed by atoms with Crippen molar-refractivity contribution in [2.45, 2.75) is 38.0 Å². The molecule has 5 heteroatoms. The smallest absolute Gasteiger partial charge is 0.232 e. The molecule has 1 rings (SSSR count). The van der Waals surface area contributed by atoms with E-state index in [1.54, 1.807) is 11.8 Å². The summed E-state index contributed by atoms with van der Waals surface area (Å²) in [4.78, 5) is 13.6. The van der Waals surface area contributed by atoms with Gasteiger partial charge in [0.05, 0.1) is 5.75 Å². The Morgan fingerprint density at radius 3 is 2.53 bits per heavy atom. The summed E-state index contributed by atoms with van der Waals surface area (Å²) in [6.07, 6.45) is 0.950. The molecule has 2 N–H and O–H groups in total. The van der Waals surface area contributed by atoms with Gasteiger partial charge in [0.2, 0.25) is 5.91 Å². The fraction of sp³-hybridized carbons (Fsp3) is 0.900. The van der Waals surface area contributed by atoms with Crippen LogP contribution in [-0.2, 0) is 4.79 Å². The lowest BCUT2D eigenvalue weighted by Gasteiger charge is -2.20. The van der Waals surface area contributed by atoms with Crippen molar-refractivity contribution in [3.05, 3.63) is 0 Å². The van der Waals surface area contributed by atoms with Crippen LogP contribution in [0.2, 0.25) is 0 Å². The van der Waals surface area contributed by atoms with Crippen LogP contribution in [0.1, 0.15) is 27.2 Å². The third-order valence-corrected chi connectivity index (χ3v) is 3.46. The highest BCUT2D eigenvalue weighted by molar-refractivity contribution is 8.01. The number of carbonyl (C=O) groups is 1. The monoisotopic (exact) mass is 252 g/mol. The van der Waals surface area contributed by atoms with Gasteiger partial charge < -0.3 is 10.6 Å². The van der Waals surface area contributed by atoms with Crippen LogP contribution in [0.15, 0.2) is 0 Å². The van der Waals surface area contributed by atoms with E-state index in [0.29, 0.717) is 5.75 Å². The molecule has 15 heavy (non-hydrogen) atoms. The third kappa shape index (κ3) is 5.64. The zero-order valence-electron chi connectivity index (χ0n) is 9.66. The highest BCUT2D eigenvalue weighted by Crippen LogP contribution is 2.23. The standard InChI is InChI=1S/C10H20N2OS.ClH/c1-10(2,3)14-7-9(13)12-5-4-8(11)6-12;/h8H,4-7,11H2,1-3H3;1H/t8-;/m1./s1. The topological polar surface area (TPSA) is 46.3 Å². The van der Waals surface area contributed by atoms with Gasteiger partial charge in [0.25, 0.3) is 0 Å². The minimum absolute atomic E-state index is 0. The lowest BCUT2D eigenvalue weighted by Crippen LogP contribution is -2.33. The van der Waals surface area contributed by atoms with Crippen molar-refractivity contribution in [3.8, 4) is 0 Å². The van der Waals surface area contributed by atoms with Crippen LogP contribution in [0.25, 0.3) is 0 Å². The van der Waals surface area contributed by atoms with Gasteiger partial charge in [-0.3, -0.25) is 4.79 Å². The summed E-state index contributed by atoms with van der Waals surface area (Å²) in [5.41, 5.74) is 5.74. The molecule has 1 amide bonds. The summed E-state index contributed by atoms with van der Waals surface area (Å²) >= 11 is 1.70. The van der Waals surface area contributed by atoms with Gasteiger partial charge in [-0.15, -0.1) is 24.2 Å². The van der Waals surface area contributed by atoms with E-state index in [9.17, 15) is 4.79 Å². The van der Waals surface area contributed by atoms with Gasteiger partial charge in [0.15, 0.2) is 0 Å². The highest BCUT2D eigenvalue weighted by atomic mass is 35.5. The first-order valence-corrected chi connectivity index (χ1v) is 6.04. The van der Waals surface area contributed by atoms with Crippen molar-refractivity contribution in [1.82, 2.24) is 4.90 Å². The van der Waals surface area contributed by atoms with Gasteiger partial charge in [-0.05, 0) is 6.42 Å². The summed E-state index contributed by atoms with van der Waals surface area (Å²) in [7, 11) is 0. The first-order chi connectivity index (χ1) is 6.38. The number of amides is 1. The Labute approximate surface area is 103 Å². The van der Waals surface area contributed by atoms with Crippen molar-refractivity contribution in [2.75, 3.05) is 18.8 Å². The fourth-order valence-electron chi connectivity index (χ4n) is 1.38. The molecule has 1 aliphatic rings. The molecule has 0 aromatic rings. The van der Waals surface area contributed by atoms with Gasteiger partial charge >= 0.3 is 0 Å². The Balaban J connectivity index is 0.00000196. The maximum Gasteiger partial charge on any atom is 0.232 e. The predicted octanol–water partition coefficient (Wildman–Crippen LogP) is 1.50. The van der Waals surface area contributed by atoms with Crippen molar-refractivity contribution in [2.24, 2.45) is 5.73 Å². The molecule has 3 nitrogen and oxygen atoms in total. The van der Waals surface area contributed by atoms with Gasteiger partial charge in [0, 0.05) is 23.9 Å². The molecule has 0 bridgehead atoms. The molecular formula is C10H21ClN2OS. The number of thioether (sulfide) groups is 1. The van der Waals surface area contributed by atoms with Gasteiger partial charge in [-0.2, -0.15) is 0 Å². The normalized spacial score (nSPS) is 21.3. The van der Waals surface area contributed by atoms with E-state index in [2.05, 4.69) is 20.8 Å². The van der Waals surface area contributed by atoms with E-state index < -0.39 is 0 Å². The summed E-state index contributed by atoms with van der Waals surface area (Å²) in [6.45, 7) is 7.95. The number of carbonyl (C=O) groups excluding carboxylic acids is 1.